The monoisotopic (exact) mass is 417 g/mol. The van der Waals surface area contributed by atoms with E-state index in [1.807, 2.05) is 55.5 Å². The Labute approximate surface area is 160 Å². The summed E-state index contributed by atoms with van der Waals surface area (Å²) < 4.78 is 6.31. The first kappa shape index (κ1) is 18.5. The number of rotatable bonds is 4. The molecule has 2 aromatic rings. The van der Waals surface area contributed by atoms with Crippen LogP contribution in [0.4, 0.5) is 4.79 Å². The van der Waals surface area contributed by atoms with Crippen molar-refractivity contribution in [2.45, 2.75) is 19.4 Å². The summed E-state index contributed by atoms with van der Waals surface area (Å²) in [7, 11) is 0. The molecule has 5 nitrogen and oxygen atoms in total. The predicted octanol–water partition coefficient (Wildman–Crippen LogP) is 4.19. The molecular weight excluding hydrogens is 398 g/mol. The fourth-order valence-electron chi connectivity index (χ4n) is 3.38. The Kier molecular flexibility index (Phi) is 5.61. The van der Waals surface area contributed by atoms with Gasteiger partial charge in [-0.25, -0.2) is 4.79 Å². The number of carbonyl (C=O) groups is 2. The molecule has 2 atom stereocenters. The lowest BCUT2D eigenvalue weighted by atomic mass is 9.86. The summed E-state index contributed by atoms with van der Waals surface area (Å²) in [4.78, 5) is 25.6. The molecule has 0 spiro atoms. The number of ether oxygens (including phenoxy) is 1. The fraction of sp³-hybridized carbons (Fsp3) is 0.300. The molecule has 0 bridgehead atoms. The normalized spacial score (nSPS) is 19.4. The molecule has 0 aromatic heterocycles. The minimum atomic E-state index is -0.893. The number of likely N-dealkylation sites (tertiary alicyclic amines) is 1. The third-order valence-corrected chi connectivity index (χ3v) is 5.22. The number of carbonyl (C=O) groups excluding carboxylic acids is 1. The number of hydrogen-bond acceptors (Lipinski definition) is 3. The number of hydrogen-bond donors (Lipinski definition) is 1. The summed E-state index contributed by atoms with van der Waals surface area (Å²) in [5.74, 6) is -1.78. The Hall–Kier alpha value is -2.34. The van der Waals surface area contributed by atoms with Crippen LogP contribution in [-0.2, 0) is 16.1 Å². The number of carboxylic acid groups (broad SMARTS) is 1. The smallest absolute Gasteiger partial charge is 0.410 e. The van der Waals surface area contributed by atoms with Crippen LogP contribution in [0.2, 0.25) is 0 Å². The number of aryl methyl sites for hydroxylation is 1. The van der Waals surface area contributed by atoms with Gasteiger partial charge in [-0.05, 0) is 35.7 Å². The first-order valence-electron chi connectivity index (χ1n) is 8.40. The molecule has 26 heavy (non-hydrogen) atoms. The fourth-order valence-corrected chi connectivity index (χ4v) is 3.86. The second-order valence-corrected chi connectivity index (χ2v) is 7.41. The number of nitrogens with zero attached hydrogens (tertiary/aromatic N) is 1. The van der Waals surface area contributed by atoms with E-state index in [-0.39, 0.29) is 19.1 Å². The van der Waals surface area contributed by atoms with Crippen LogP contribution in [0.15, 0.2) is 53.0 Å². The van der Waals surface area contributed by atoms with Crippen LogP contribution in [0.25, 0.3) is 0 Å². The molecule has 1 fully saturated rings. The molecule has 3 rings (SSSR count). The van der Waals surface area contributed by atoms with Crippen LogP contribution < -0.4 is 0 Å². The van der Waals surface area contributed by atoms with E-state index in [9.17, 15) is 14.7 Å². The molecule has 1 amide bonds. The number of benzene rings is 2. The van der Waals surface area contributed by atoms with Gasteiger partial charge in [0.25, 0.3) is 0 Å². The minimum Gasteiger partial charge on any atom is -0.481 e. The van der Waals surface area contributed by atoms with Crippen molar-refractivity contribution in [3.05, 3.63) is 69.7 Å². The van der Waals surface area contributed by atoms with Crippen molar-refractivity contribution in [2.24, 2.45) is 5.92 Å². The number of carboxylic acids is 1. The van der Waals surface area contributed by atoms with Gasteiger partial charge in [-0.15, -0.1) is 0 Å². The molecule has 6 heteroatoms. The summed E-state index contributed by atoms with van der Waals surface area (Å²) in [5, 5.41) is 9.61. The number of aliphatic carboxylic acids is 1. The van der Waals surface area contributed by atoms with E-state index in [1.165, 1.54) is 4.90 Å². The van der Waals surface area contributed by atoms with Gasteiger partial charge in [-0.1, -0.05) is 52.3 Å². The lowest BCUT2D eigenvalue weighted by molar-refractivity contribution is -0.141. The highest BCUT2D eigenvalue weighted by Crippen LogP contribution is 2.35. The first-order chi connectivity index (χ1) is 12.5. The van der Waals surface area contributed by atoms with Crippen LogP contribution in [-0.4, -0.2) is 35.2 Å². The van der Waals surface area contributed by atoms with Gasteiger partial charge in [-0.2, -0.15) is 0 Å². The second kappa shape index (κ2) is 7.91. The van der Waals surface area contributed by atoms with Gasteiger partial charge in [0.15, 0.2) is 0 Å². The van der Waals surface area contributed by atoms with E-state index >= 15 is 0 Å². The number of amides is 1. The van der Waals surface area contributed by atoms with Crippen LogP contribution in [0, 0.1) is 12.8 Å². The highest BCUT2D eigenvalue weighted by molar-refractivity contribution is 9.10. The Morgan fingerprint density at radius 2 is 1.92 bits per heavy atom. The molecular formula is C20H20BrNO4. The molecule has 1 aliphatic heterocycles. The van der Waals surface area contributed by atoms with Crippen molar-refractivity contribution in [2.75, 3.05) is 13.1 Å². The average Bonchev–Trinajstić information content (AvgIpc) is 3.06. The van der Waals surface area contributed by atoms with E-state index in [1.54, 1.807) is 0 Å². The van der Waals surface area contributed by atoms with Gasteiger partial charge < -0.3 is 14.7 Å². The van der Waals surface area contributed by atoms with E-state index < -0.39 is 18.0 Å². The maximum absolute atomic E-state index is 12.4. The molecule has 2 aromatic carbocycles. The van der Waals surface area contributed by atoms with Gasteiger partial charge in [0.2, 0.25) is 0 Å². The molecule has 0 aliphatic carbocycles. The molecule has 1 aliphatic rings. The summed E-state index contributed by atoms with van der Waals surface area (Å²) >= 11 is 3.43. The van der Waals surface area contributed by atoms with E-state index in [4.69, 9.17) is 4.74 Å². The van der Waals surface area contributed by atoms with Crippen molar-refractivity contribution in [3.8, 4) is 0 Å². The highest BCUT2D eigenvalue weighted by Gasteiger charge is 2.41. The Bertz CT molecular complexity index is 809. The zero-order valence-electron chi connectivity index (χ0n) is 14.4. The molecule has 0 saturated carbocycles. The Morgan fingerprint density at radius 1 is 1.19 bits per heavy atom. The molecule has 2 unspecified atom stereocenters. The van der Waals surface area contributed by atoms with Crippen molar-refractivity contribution in [1.82, 2.24) is 4.90 Å². The third-order valence-electron chi connectivity index (χ3n) is 4.73. The third kappa shape index (κ3) is 4.07. The second-order valence-electron chi connectivity index (χ2n) is 6.50. The van der Waals surface area contributed by atoms with Gasteiger partial charge in [-0.3, -0.25) is 4.79 Å². The van der Waals surface area contributed by atoms with Crippen molar-refractivity contribution < 1.29 is 19.4 Å². The maximum atomic E-state index is 12.4. The van der Waals surface area contributed by atoms with Crippen LogP contribution in [0.1, 0.15) is 22.6 Å². The minimum absolute atomic E-state index is 0.156. The van der Waals surface area contributed by atoms with Gasteiger partial charge in [0, 0.05) is 23.5 Å². The zero-order chi connectivity index (χ0) is 18.7. The Morgan fingerprint density at radius 3 is 2.58 bits per heavy atom. The lowest BCUT2D eigenvalue weighted by Crippen LogP contribution is -2.30. The van der Waals surface area contributed by atoms with E-state index in [0.29, 0.717) is 6.54 Å². The average molecular weight is 418 g/mol. The predicted molar refractivity (Wildman–Crippen MR) is 101 cm³/mol. The first-order valence-corrected chi connectivity index (χ1v) is 9.19. The molecule has 0 radical (unpaired) electrons. The summed E-state index contributed by atoms with van der Waals surface area (Å²) in [6, 6.07) is 15.2. The molecule has 1 heterocycles. The van der Waals surface area contributed by atoms with Crippen LogP contribution in [0.5, 0.6) is 0 Å². The molecule has 136 valence electrons. The largest absolute Gasteiger partial charge is 0.481 e. The van der Waals surface area contributed by atoms with Crippen LogP contribution in [0.3, 0.4) is 0 Å². The standard InChI is InChI=1S/C20H20BrNO4/c1-13-9-15(21)7-8-16(13)17-10-22(11-18(17)19(23)24)20(25)26-12-14-5-3-2-4-6-14/h2-9,17-18H,10-12H2,1H3,(H,23,24). The summed E-state index contributed by atoms with van der Waals surface area (Å²) in [6.45, 7) is 2.63. The maximum Gasteiger partial charge on any atom is 0.410 e. The van der Waals surface area contributed by atoms with Crippen molar-refractivity contribution >= 4 is 28.0 Å². The SMILES string of the molecule is Cc1cc(Br)ccc1C1CN(C(=O)OCc2ccccc2)CC1C(=O)O. The molecule has 1 saturated heterocycles. The van der Waals surface area contributed by atoms with Crippen molar-refractivity contribution in [1.29, 1.82) is 0 Å². The molecule has 1 N–H and O–H groups in total. The Balaban J connectivity index is 1.72. The van der Waals surface area contributed by atoms with E-state index in [2.05, 4.69) is 15.9 Å². The van der Waals surface area contributed by atoms with Gasteiger partial charge in [0.05, 0.1) is 5.92 Å². The topological polar surface area (TPSA) is 66.8 Å². The highest BCUT2D eigenvalue weighted by atomic mass is 79.9. The zero-order valence-corrected chi connectivity index (χ0v) is 16.0. The van der Waals surface area contributed by atoms with Gasteiger partial charge in [0.1, 0.15) is 6.61 Å². The number of halogens is 1. The van der Waals surface area contributed by atoms with Crippen molar-refractivity contribution in [3.63, 3.8) is 0 Å². The lowest BCUT2D eigenvalue weighted by Gasteiger charge is -2.18. The van der Waals surface area contributed by atoms with E-state index in [0.717, 1.165) is 21.2 Å². The van der Waals surface area contributed by atoms with Crippen LogP contribution >= 0.6 is 15.9 Å². The summed E-state index contributed by atoms with van der Waals surface area (Å²) in [5.41, 5.74) is 2.87. The quantitative estimate of drug-likeness (QED) is 0.809. The summed E-state index contributed by atoms with van der Waals surface area (Å²) in [6.07, 6.45) is -0.475. The van der Waals surface area contributed by atoms with Gasteiger partial charge >= 0.3 is 12.1 Å².